The van der Waals surface area contributed by atoms with E-state index in [1.807, 2.05) is 0 Å². The molecule has 6 heteroatoms. The van der Waals surface area contributed by atoms with Crippen LogP contribution in [0.5, 0.6) is 0 Å². The highest BCUT2D eigenvalue weighted by Crippen LogP contribution is 2.34. The topological polar surface area (TPSA) is 40.5 Å². The summed E-state index contributed by atoms with van der Waals surface area (Å²) in [4.78, 5) is 0. The number of aliphatic hydroxyl groups excluding tert-OH is 2. The van der Waals surface area contributed by atoms with Gasteiger partial charge in [0, 0.05) is 17.5 Å². The van der Waals surface area contributed by atoms with E-state index in [1.165, 1.54) is 6.07 Å². The van der Waals surface area contributed by atoms with E-state index in [9.17, 15) is 18.3 Å². The van der Waals surface area contributed by atoms with Gasteiger partial charge in [-0.3, -0.25) is 0 Å². The van der Waals surface area contributed by atoms with E-state index in [-0.39, 0.29) is 18.6 Å². The molecule has 0 spiro atoms. The Hall–Kier alpha value is -0.590. The molecule has 1 rings (SSSR count). The summed E-state index contributed by atoms with van der Waals surface area (Å²) in [5, 5.41) is 18.2. The van der Waals surface area contributed by atoms with E-state index in [0.717, 1.165) is 12.1 Å². The number of alkyl halides is 3. The summed E-state index contributed by atoms with van der Waals surface area (Å²) in [5.41, 5.74) is -0.688. The van der Waals surface area contributed by atoms with Gasteiger partial charge in [0.25, 0.3) is 0 Å². The SMILES string of the molecule is OCC[C@H](O)c1cc(C(F)(F)F)ccc1Br. The van der Waals surface area contributed by atoms with Gasteiger partial charge in [-0.05, 0) is 23.8 Å². The monoisotopic (exact) mass is 298 g/mol. The Bertz CT molecular complexity index is 366. The van der Waals surface area contributed by atoms with Gasteiger partial charge in [-0.15, -0.1) is 0 Å². The normalized spacial score (nSPS) is 13.9. The molecule has 0 fully saturated rings. The van der Waals surface area contributed by atoms with Crippen LogP contribution in [0.25, 0.3) is 0 Å². The molecule has 0 aliphatic heterocycles. The summed E-state index contributed by atoms with van der Waals surface area (Å²) < 4.78 is 37.6. The predicted octanol–water partition coefficient (Wildman–Crippen LogP) is 2.88. The van der Waals surface area contributed by atoms with E-state index in [4.69, 9.17) is 5.11 Å². The van der Waals surface area contributed by atoms with Gasteiger partial charge in [-0.2, -0.15) is 13.2 Å². The van der Waals surface area contributed by atoms with Crippen molar-refractivity contribution in [1.82, 2.24) is 0 Å². The van der Waals surface area contributed by atoms with Crippen LogP contribution < -0.4 is 0 Å². The summed E-state index contributed by atoms with van der Waals surface area (Å²) in [6, 6.07) is 3.04. The smallest absolute Gasteiger partial charge is 0.396 e. The van der Waals surface area contributed by atoms with E-state index >= 15 is 0 Å². The maximum Gasteiger partial charge on any atom is 0.416 e. The number of halogens is 4. The van der Waals surface area contributed by atoms with Crippen LogP contribution in [0.2, 0.25) is 0 Å². The highest BCUT2D eigenvalue weighted by molar-refractivity contribution is 9.10. The Morgan fingerprint density at radius 3 is 2.44 bits per heavy atom. The summed E-state index contributed by atoms with van der Waals surface area (Å²) in [6.07, 6.45) is -5.55. The predicted molar refractivity (Wildman–Crippen MR) is 55.8 cm³/mol. The Kier molecular flexibility index (Phi) is 4.35. The first-order chi connectivity index (χ1) is 7.36. The lowest BCUT2D eigenvalue weighted by Gasteiger charge is -2.14. The molecule has 0 heterocycles. The molecule has 0 unspecified atom stereocenters. The van der Waals surface area contributed by atoms with Gasteiger partial charge in [0.15, 0.2) is 0 Å². The standard InChI is InChI=1S/C10H10BrF3O2/c11-8-2-1-6(10(12,13)14)5-7(8)9(16)3-4-15/h1-2,5,9,15-16H,3-4H2/t9-/m0/s1. The first-order valence-corrected chi connectivity index (χ1v) is 5.31. The zero-order valence-electron chi connectivity index (χ0n) is 8.13. The molecule has 90 valence electrons. The molecule has 16 heavy (non-hydrogen) atoms. The van der Waals surface area contributed by atoms with E-state index in [2.05, 4.69) is 15.9 Å². The molecular formula is C10H10BrF3O2. The van der Waals surface area contributed by atoms with E-state index < -0.39 is 17.8 Å². The number of benzene rings is 1. The van der Waals surface area contributed by atoms with Crippen LogP contribution >= 0.6 is 15.9 Å². The van der Waals surface area contributed by atoms with Gasteiger partial charge in [0.1, 0.15) is 0 Å². The van der Waals surface area contributed by atoms with Crippen molar-refractivity contribution >= 4 is 15.9 Å². The number of aliphatic hydroxyl groups is 2. The molecule has 0 aromatic heterocycles. The van der Waals surface area contributed by atoms with Gasteiger partial charge in [0.2, 0.25) is 0 Å². The van der Waals surface area contributed by atoms with Crippen molar-refractivity contribution in [3.63, 3.8) is 0 Å². The molecule has 0 radical (unpaired) electrons. The second kappa shape index (κ2) is 5.16. The molecule has 0 bridgehead atoms. The Labute approximate surface area is 98.8 Å². The summed E-state index contributed by atoms with van der Waals surface area (Å²) in [5.74, 6) is 0. The van der Waals surface area contributed by atoms with Crippen molar-refractivity contribution in [2.45, 2.75) is 18.7 Å². The minimum atomic E-state index is -4.44. The second-order valence-electron chi connectivity index (χ2n) is 3.26. The van der Waals surface area contributed by atoms with Gasteiger partial charge in [-0.25, -0.2) is 0 Å². The van der Waals surface area contributed by atoms with Gasteiger partial charge < -0.3 is 10.2 Å². The highest BCUT2D eigenvalue weighted by Gasteiger charge is 2.31. The fourth-order valence-electron chi connectivity index (χ4n) is 1.25. The van der Waals surface area contributed by atoms with Gasteiger partial charge >= 0.3 is 6.18 Å². The third-order valence-corrected chi connectivity index (χ3v) is 2.81. The zero-order valence-corrected chi connectivity index (χ0v) is 9.72. The fourth-order valence-corrected chi connectivity index (χ4v) is 1.76. The third-order valence-electron chi connectivity index (χ3n) is 2.08. The maximum absolute atomic E-state index is 12.4. The zero-order chi connectivity index (χ0) is 12.3. The fraction of sp³-hybridized carbons (Fsp3) is 0.400. The van der Waals surface area contributed by atoms with Crippen LogP contribution in [0.15, 0.2) is 22.7 Å². The Morgan fingerprint density at radius 2 is 1.94 bits per heavy atom. The maximum atomic E-state index is 12.4. The molecule has 1 atom stereocenters. The minimum absolute atomic E-state index is 0.0000888. The van der Waals surface area contributed by atoms with Crippen LogP contribution in [0.1, 0.15) is 23.7 Å². The third kappa shape index (κ3) is 3.20. The first kappa shape index (κ1) is 13.5. The highest BCUT2D eigenvalue weighted by atomic mass is 79.9. The largest absolute Gasteiger partial charge is 0.416 e. The number of hydrogen-bond donors (Lipinski definition) is 2. The van der Waals surface area contributed by atoms with Crippen LogP contribution in [-0.2, 0) is 6.18 Å². The van der Waals surface area contributed by atoms with Crippen molar-refractivity contribution in [2.24, 2.45) is 0 Å². The molecule has 0 saturated carbocycles. The molecule has 1 aromatic carbocycles. The average molecular weight is 299 g/mol. The van der Waals surface area contributed by atoms with Crippen LogP contribution in [0, 0.1) is 0 Å². The van der Waals surface area contributed by atoms with Gasteiger partial charge in [-0.1, -0.05) is 15.9 Å². The molecule has 0 aliphatic rings. The molecule has 0 saturated heterocycles. The molecule has 2 nitrogen and oxygen atoms in total. The molecule has 1 aromatic rings. The van der Waals surface area contributed by atoms with E-state index in [1.54, 1.807) is 0 Å². The van der Waals surface area contributed by atoms with Crippen molar-refractivity contribution < 1.29 is 23.4 Å². The summed E-state index contributed by atoms with van der Waals surface area (Å²) in [6.45, 7) is -0.288. The van der Waals surface area contributed by atoms with Crippen molar-refractivity contribution in [1.29, 1.82) is 0 Å². The van der Waals surface area contributed by atoms with E-state index in [0.29, 0.717) is 4.47 Å². The second-order valence-corrected chi connectivity index (χ2v) is 4.12. The molecule has 0 amide bonds. The summed E-state index contributed by atoms with van der Waals surface area (Å²) in [7, 11) is 0. The van der Waals surface area contributed by atoms with Gasteiger partial charge in [0.05, 0.1) is 11.7 Å². The minimum Gasteiger partial charge on any atom is -0.396 e. The average Bonchev–Trinajstić information content (AvgIpc) is 2.16. The molecule has 2 N–H and O–H groups in total. The van der Waals surface area contributed by atoms with Crippen LogP contribution in [0.3, 0.4) is 0 Å². The molecule has 0 aliphatic carbocycles. The van der Waals surface area contributed by atoms with Crippen molar-refractivity contribution in [3.05, 3.63) is 33.8 Å². The lowest BCUT2D eigenvalue weighted by atomic mass is 10.0. The molecular weight excluding hydrogens is 289 g/mol. The first-order valence-electron chi connectivity index (χ1n) is 4.52. The lowest BCUT2D eigenvalue weighted by Crippen LogP contribution is -2.08. The van der Waals surface area contributed by atoms with Crippen LogP contribution in [-0.4, -0.2) is 16.8 Å². The Morgan fingerprint density at radius 1 is 1.31 bits per heavy atom. The Balaban J connectivity index is 3.09. The summed E-state index contributed by atoms with van der Waals surface area (Å²) >= 11 is 3.06. The number of hydrogen-bond acceptors (Lipinski definition) is 2. The van der Waals surface area contributed by atoms with Crippen LogP contribution in [0.4, 0.5) is 13.2 Å². The quantitative estimate of drug-likeness (QED) is 0.901. The van der Waals surface area contributed by atoms with Crippen molar-refractivity contribution in [2.75, 3.05) is 6.61 Å². The van der Waals surface area contributed by atoms with Crippen molar-refractivity contribution in [3.8, 4) is 0 Å². The lowest BCUT2D eigenvalue weighted by molar-refractivity contribution is -0.137. The number of rotatable bonds is 3.